The van der Waals surface area contributed by atoms with E-state index in [-0.39, 0.29) is 11.9 Å². The summed E-state index contributed by atoms with van der Waals surface area (Å²) in [6, 6.07) is 37.9. The zero-order valence-electron chi connectivity index (χ0n) is 19.1. The topological polar surface area (TPSA) is 43.4 Å². The van der Waals surface area contributed by atoms with Crippen LogP contribution in [0.5, 0.6) is 0 Å². The molecule has 34 heavy (non-hydrogen) atoms. The average molecular weight is 467 g/mol. The van der Waals surface area contributed by atoms with Crippen LogP contribution < -0.4 is 15.9 Å². The number of carbonyl (C=O) groups is 2. The second-order valence-electron chi connectivity index (χ2n) is 8.14. The van der Waals surface area contributed by atoms with E-state index in [4.69, 9.17) is 4.74 Å². The summed E-state index contributed by atoms with van der Waals surface area (Å²) < 4.78 is 6.11. The van der Waals surface area contributed by atoms with E-state index in [9.17, 15) is 9.59 Å². The van der Waals surface area contributed by atoms with Crippen molar-refractivity contribution >= 4 is 36.1 Å². The van der Waals surface area contributed by atoms with E-state index >= 15 is 0 Å². The van der Waals surface area contributed by atoms with E-state index < -0.39 is 14.0 Å². The minimum atomic E-state index is -0.958. The Morgan fingerprint density at radius 3 is 1.82 bits per heavy atom. The maximum absolute atomic E-state index is 13.6. The van der Waals surface area contributed by atoms with Crippen molar-refractivity contribution in [2.75, 3.05) is 0 Å². The molecule has 3 nitrogen and oxygen atoms in total. The van der Waals surface area contributed by atoms with Crippen LogP contribution in [0, 0.1) is 5.92 Å². The number of benzene rings is 4. The highest BCUT2D eigenvalue weighted by atomic mass is 31.1. The molecule has 4 aromatic rings. The summed E-state index contributed by atoms with van der Waals surface area (Å²) in [5.74, 6) is -0.512. The van der Waals surface area contributed by atoms with Gasteiger partial charge in [0, 0.05) is 12.3 Å². The van der Waals surface area contributed by atoms with Crippen molar-refractivity contribution in [3.63, 3.8) is 0 Å². The van der Waals surface area contributed by atoms with Crippen molar-refractivity contribution in [1.82, 2.24) is 0 Å². The first-order chi connectivity index (χ1) is 16.7. The van der Waals surface area contributed by atoms with Crippen molar-refractivity contribution in [3.05, 3.63) is 126 Å². The average Bonchev–Trinajstić information content (AvgIpc) is 2.89. The lowest BCUT2D eigenvalue weighted by molar-refractivity contribution is -0.109. The molecule has 4 aromatic carbocycles. The van der Waals surface area contributed by atoms with Gasteiger partial charge in [0.15, 0.2) is 0 Å². The van der Waals surface area contributed by atoms with Crippen molar-refractivity contribution in [2.24, 2.45) is 5.92 Å². The smallest absolute Gasteiger partial charge is 0.339 e. The van der Waals surface area contributed by atoms with Crippen LogP contribution >= 0.6 is 7.92 Å². The highest BCUT2D eigenvalue weighted by Crippen LogP contribution is 2.35. The van der Waals surface area contributed by atoms with Crippen LogP contribution in [-0.2, 0) is 9.53 Å². The second-order valence-corrected chi connectivity index (χ2v) is 10.3. The fraction of sp³-hybridized carbons (Fsp3) is 0.133. The zero-order valence-corrected chi connectivity index (χ0v) is 20.0. The summed E-state index contributed by atoms with van der Waals surface area (Å²) in [6.07, 6.45) is 0.688. The number of carbonyl (C=O) groups excluding carboxylic acids is 2. The maximum atomic E-state index is 13.6. The number of aldehydes is 1. The van der Waals surface area contributed by atoms with Crippen LogP contribution in [-0.4, -0.2) is 12.3 Å². The highest BCUT2D eigenvalue weighted by molar-refractivity contribution is 7.80. The molecule has 0 saturated carbocycles. The van der Waals surface area contributed by atoms with Gasteiger partial charge in [-0.2, -0.15) is 0 Å². The van der Waals surface area contributed by atoms with Crippen molar-refractivity contribution in [1.29, 1.82) is 0 Å². The Kier molecular flexibility index (Phi) is 8.01. The van der Waals surface area contributed by atoms with E-state index in [1.54, 1.807) is 0 Å². The van der Waals surface area contributed by atoms with Gasteiger partial charge in [0.05, 0.1) is 5.56 Å². The van der Waals surface area contributed by atoms with Gasteiger partial charge in [-0.3, -0.25) is 0 Å². The summed E-state index contributed by atoms with van der Waals surface area (Å²) in [4.78, 5) is 24.9. The Hall–Kier alpha value is -3.55. The van der Waals surface area contributed by atoms with E-state index in [1.165, 1.54) is 0 Å². The van der Waals surface area contributed by atoms with Crippen molar-refractivity contribution in [2.45, 2.75) is 19.4 Å². The Morgan fingerprint density at radius 1 is 0.765 bits per heavy atom. The van der Waals surface area contributed by atoms with E-state index in [1.807, 2.05) is 97.9 Å². The molecule has 0 N–H and O–H groups in total. The van der Waals surface area contributed by atoms with Gasteiger partial charge in [-0.15, -0.1) is 0 Å². The Bertz CT molecular complexity index is 1170. The molecule has 0 amide bonds. The first kappa shape index (κ1) is 23.6. The first-order valence-corrected chi connectivity index (χ1v) is 12.7. The second kappa shape index (κ2) is 11.5. The lowest BCUT2D eigenvalue weighted by Crippen LogP contribution is -2.27. The van der Waals surface area contributed by atoms with E-state index in [0.717, 1.165) is 27.8 Å². The fourth-order valence-electron chi connectivity index (χ4n) is 4.03. The molecule has 0 aliphatic carbocycles. The molecule has 170 valence electrons. The normalized spacial score (nSPS) is 12.6. The van der Waals surface area contributed by atoms with E-state index in [2.05, 4.69) is 24.3 Å². The van der Waals surface area contributed by atoms with Crippen molar-refractivity contribution in [3.8, 4) is 0 Å². The summed E-state index contributed by atoms with van der Waals surface area (Å²) in [5, 5.41) is 3.28. The number of hydrogen-bond donors (Lipinski definition) is 0. The van der Waals surface area contributed by atoms with Crippen molar-refractivity contribution < 1.29 is 14.3 Å². The van der Waals surface area contributed by atoms with Crippen LogP contribution in [0.25, 0.3) is 0 Å². The third kappa shape index (κ3) is 5.50. The molecule has 0 spiro atoms. The first-order valence-electron chi connectivity index (χ1n) is 11.4. The van der Waals surface area contributed by atoms with Gasteiger partial charge in [-0.25, -0.2) is 4.79 Å². The van der Waals surface area contributed by atoms with Crippen LogP contribution in [0.15, 0.2) is 115 Å². The predicted octanol–water partition coefficient (Wildman–Crippen LogP) is 5.57. The monoisotopic (exact) mass is 466 g/mol. The van der Waals surface area contributed by atoms with Crippen LogP contribution in [0.3, 0.4) is 0 Å². The molecule has 4 heteroatoms. The lowest BCUT2D eigenvalue weighted by atomic mass is 9.95. The third-order valence-electron chi connectivity index (χ3n) is 5.74. The molecule has 4 rings (SSSR count). The molecule has 0 bridgehead atoms. The van der Waals surface area contributed by atoms with Gasteiger partial charge in [0.2, 0.25) is 0 Å². The fourth-order valence-corrected chi connectivity index (χ4v) is 6.47. The van der Waals surface area contributed by atoms with Crippen LogP contribution in [0.4, 0.5) is 0 Å². The molecule has 0 radical (unpaired) electrons. The highest BCUT2D eigenvalue weighted by Gasteiger charge is 2.27. The maximum Gasteiger partial charge on any atom is 0.339 e. The van der Waals surface area contributed by atoms with Gasteiger partial charge in [-0.1, -0.05) is 116 Å². The predicted molar refractivity (Wildman–Crippen MR) is 140 cm³/mol. The Morgan fingerprint density at radius 2 is 1.26 bits per heavy atom. The zero-order chi connectivity index (χ0) is 23.8. The molecule has 0 fully saturated rings. The van der Waals surface area contributed by atoms with Gasteiger partial charge >= 0.3 is 5.97 Å². The molecular formula is C30H27O3P. The van der Waals surface area contributed by atoms with Gasteiger partial charge in [0.25, 0.3) is 0 Å². The van der Waals surface area contributed by atoms with Crippen LogP contribution in [0.2, 0.25) is 0 Å². The lowest BCUT2D eigenvalue weighted by Gasteiger charge is -2.25. The molecular weight excluding hydrogens is 439 g/mol. The number of esters is 1. The Labute approximate surface area is 202 Å². The minimum Gasteiger partial charge on any atom is -0.454 e. The molecule has 0 aliphatic rings. The van der Waals surface area contributed by atoms with E-state index in [0.29, 0.717) is 12.0 Å². The molecule has 0 aliphatic heterocycles. The molecule has 0 saturated heterocycles. The molecule has 2 atom stereocenters. The number of hydrogen-bond acceptors (Lipinski definition) is 3. The molecule has 0 aromatic heterocycles. The number of ether oxygens (including phenoxy) is 1. The molecule has 0 heterocycles. The van der Waals surface area contributed by atoms with Crippen LogP contribution in [0.1, 0.15) is 35.4 Å². The summed E-state index contributed by atoms with van der Waals surface area (Å²) in [5.41, 5.74) is 1.44. The Balaban J connectivity index is 1.74. The summed E-state index contributed by atoms with van der Waals surface area (Å²) >= 11 is 0. The summed E-state index contributed by atoms with van der Waals surface area (Å²) in [6.45, 7) is 1.94. The standard InChI is InChI=1S/C30H27O3P/c1-23(21-22-31)29(24-13-5-2-6-14-24)33-30(32)27-19-11-12-20-28(27)34(25-15-7-3-8-16-25)26-17-9-4-10-18-26/h2-20,22-23,29H,21H2,1H3/t23-,29+/m0/s1. The molecule has 0 unspecified atom stereocenters. The van der Waals surface area contributed by atoms with Gasteiger partial charge in [0.1, 0.15) is 12.4 Å². The summed E-state index contributed by atoms with van der Waals surface area (Å²) in [7, 11) is -0.958. The van der Waals surface area contributed by atoms with Gasteiger partial charge in [-0.05, 0) is 35.5 Å². The third-order valence-corrected chi connectivity index (χ3v) is 8.24. The van der Waals surface area contributed by atoms with Gasteiger partial charge < -0.3 is 9.53 Å². The quantitative estimate of drug-likeness (QED) is 0.184. The SMILES string of the molecule is C[C@@H](CC=O)[C@@H](OC(=O)c1ccccc1P(c1ccccc1)c1ccccc1)c1ccccc1. The minimum absolute atomic E-state index is 0.138. The largest absolute Gasteiger partial charge is 0.454 e. The number of rotatable bonds is 9.